The van der Waals surface area contributed by atoms with E-state index in [1.807, 2.05) is 86.6 Å². The van der Waals surface area contributed by atoms with Crippen molar-refractivity contribution < 1.29 is 36.8 Å². The standard InChI is InChI=1S/C64H55F2N7O6/c1-36(2)31-72-62(75)51-28-41(43-16-25-56-53(30-43)58(64(77)68-5)60(79-56)39-11-19-46(66)20-12-39)14-22-48(51)49-7-6-26-71-54(49)23-8-37(3)32-73-61(74)50-27-40(13-21-47(50)44-33-69-35-70-34-44)42-15-24-55-52(29-42)57(63(76)67-4)59(78-55)38-9-17-45(65)18-10-38/h6-7,9-22,24-30,33-37H,8,23,31-32H2,1-5H3,(H,67,76)(H,68,77)(H,72,75)(H,73,74). The lowest BCUT2D eigenvalue weighted by Crippen LogP contribution is -2.29. The third-order valence-corrected chi connectivity index (χ3v) is 13.9. The number of benzene rings is 6. The van der Waals surface area contributed by atoms with Gasteiger partial charge in [0.2, 0.25) is 0 Å². The summed E-state index contributed by atoms with van der Waals surface area (Å²) in [5.41, 5.74) is 10.0. The fourth-order valence-electron chi connectivity index (χ4n) is 9.73. The Hall–Kier alpha value is -9.63. The molecule has 6 aromatic carbocycles. The predicted octanol–water partition coefficient (Wildman–Crippen LogP) is 12.7. The van der Waals surface area contributed by atoms with Crippen molar-refractivity contribution in [3.05, 3.63) is 198 Å². The van der Waals surface area contributed by atoms with E-state index in [0.29, 0.717) is 115 Å². The molecule has 1 unspecified atom stereocenters. The molecule has 0 saturated carbocycles. The van der Waals surface area contributed by atoms with Gasteiger partial charge >= 0.3 is 0 Å². The van der Waals surface area contributed by atoms with Crippen molar-refractivity contribution in [1.29, 1.82) is 0 Å². The highest BCUT2D eigenvalue weighted by Gasteiger charge is 2.26. The van der Waals surface area contributed by atoms with E-state index in [1.165, 1.54) is 37.6 Å². The van der Waals surface area contributed by atoms with Crippen molar-refractivity contribution in [2.24, 2.45) is 11.8 Å². The number of aryl methyl sites for hydroxylation is 1. The number of hydrogen-bond acceptors (Lipinski definition) is 9. The molecule has 0 spiro atoms. The van der Waals surface area contributed by atoms with E-state index in [-0.39, 0.29) is 35.5 Å². The van der Waals surface area contributed by atoms with Crippen molar-refractivity contribution in [2.75, 3.05) is 27.2 Å². The highest BCUT2D eigenvalue weighted by atomic mass is 19.1. The van der Waals surface area contributed by atoms with Crippen LogP contribution in [0.25, 0.3) is 89.1 Å². The molecule has 0 radical (unpaired) electrons. The molecule has 0 saturated heterocycles. The Morgan fingerprint density at radius 2 is 0.987 bits per heavy atom. The number of nitrogens with one attached hydrogen (secondary N) is 4. The fourth-order valence-corrected chi connectivity index (χ4v) is 9.73. The summed E-state index contributed by atoms with van der Waals surface area (Å²) in [6, 6.07) is 37.7. The Bertz CT molecular complexity index is 3930. The van der Waals surface area contributed by atoms with Crippen molar-refractivity contribution in [2.45, 2.75) is 33.6 Å². The Morgan fingerprint density at radius 3 is 1.51 bits per heavy atom. The Labute approximate surface area is 454 Å². The van der Waals surface area contributed by atoms with Crippen LogP contribution in [0.1, 0.15) is 74.3 Å². The van der Waals surface area contributed by atoms with Crippen LogP contribution in [0, 0.1) is 23.5 Å². The Morgan fingerprint density at radius 1 is 0.519 bits per heavy atom. The maximum Gasteiger partial charge on any atom is 0.255 e. The molecule has 13 nitrogen and oxygen atoms in total. The number of furan rings is 2. The average molecular weight is 1060 g/mol. The second-order valence-corrected chi connectivity index (χ2v) is 19.8. The maximum atomic E-state index is 14.4. The number of aromatic nitrogens is 3. The van der Waals surface area contributed by atoms with E-state index in [0.717, 1.165) is 27.9 Å². The van der Waals surface area contributed by atoms with Crippen LogP contribution >= 0.6 is 0 Å². The lowest BCUT2D eigenvalue weighted by molar-refractivity contribution is 0.0941. The number of pyridine rings is 1. The number of halogens is 2. The Kier molecular flexibility index (Phi) is 15.3. The molecule has 0 bridgehead atoms. The highest BCUT2D eigenvalue weighted by Crippen LogP contribution is 2.40. The first-order valence-electron chi connectivity index (χ1n) is 25.9. The summed E-state index contributed by atoms with van der Waals surface area (Å²) in [6.45, 7) is 6.92. The molecule has 0 aliphatic carbocycles. The van der Waals surface area contributed by atoms with E-state index in [2.05, 4.69) is 38.2 Å². The normalized spacial score (nSPS) is 11.7. The van der Waals surface area contributed by atoms with Gasteiger partial charge in [0, 0.05) is 95.6 Å². The van der Waals surface area contributed by atoms with Gasteiger partial charge in [0.25, 0.3) is 23.6 Å². The minimum atomic E-state index is -0.411. The van der Waals surface area contributed by atoms with Gasteiger partial charge in [0.05, 0.1) is 11.1 Å². The maximum absolute atomic E-state index is 14.4. The smallest absolute Gasteiger partial charge is 0.255 e. The van der Waals surface area contributed by atoms with Gasteiger partial charge in [0.1, 0.15) is 40.6 Å². The minimum absolute atomic E-state index is 0.00953. The molecular weight excluding hydrogens is 1000 g/mol. The predicted molar refractivity (Wildman–Crippen MR) is 302 cm³/mol. The van der Waals surface area contributed by atoms with E-state index in [9.17, 15) is 28.0 Å². The molecule has 4 aromatic heterocycles. The summed E-state index contributed by atoms with van der Waals surface area (Å²) in [4.78, 5) is 68.7. The number of nitrogens with zero attached hydrogens (tertiary/aromatic N) is 3. The third kappa shape index (κ3) is 11.1. The van der Waals surface area contributed by atoms with Gasteiger partial charge in [-0.3, -0.25) is 24.2 Å². The quantitative estimate of drug-likeness (QED) is 0.0690. The van der Waals surface area contributed by atoms with Crippen LogP contribution in [0.3, 0.4) is 0 Å². The first-order chi connectivity index (χ1) is 38.3. The summed E-state index contributed by atoms with van der Waals surface area (Å²) in [7, 11) is 3.08. The first-order valence-corrected chi connectivity index (χ1v) is 25.9. The third-order valence-electron chi connectivity index (χ3n) is 13.9. The van der Waals surface area contributed by atoms with Gasteiger partial charge in [0.15, 0.2) is 0 Å². The van der Waals surface area contributed by atoms with Gasteiger partial charge in [-0.2, -0.15) is 0 Å². The lowest BCUT2D eigenvalue weighted by Gasteiger charge is -2.18. The number of carbonyl (C=O) groups excluding carboxylic acids is 4. The van der Waals surface area contributed by atoms with Crippen LogP contribution < -0.4 is 21.3 Å². The van der Waals surface area contributed by atoms with E-state index in [1.54, 1.807) is 62.0 Å². The number of carbonyl (C=O) groups is 4. The number of hydrogen-bond donors (Lipinski definition) is 4. The van der Waals surface area contributed by atoms with Gasteiger partial charge in [-0.15, -0.1) is 0 Å². The van der Waals surface area contributed by atoms with Crippen LogP contribution in [-0.2, 0) is 6.42 Å². The lowest BCUT2D eigenvalue weighted by atomic mass is 9.91. The molecule has 4 N–H and O–H groups in total. The molecule has 10 aromatic rings. The molecule has 15 heteroatoms. The van der Waals surface area contributed by atoms with E-state index < -0.39 is 11.6 Å². The molecule has 0 aliphatic rings. The van der Waals surface area contributed by atoms with Gasteiger partial charge in [-0.25, -0.2) is 18.7 Å². The van der Waals surface area contributed by atoms with Gasteiger partial charge < -0.3 is 30.1 Å². The zero-order chi connectivity index (χ0) is 55.3. The topological polar surface area (TPSA) is 181 Å². The summed E-state index contributed by atoms with van der Waals surface area (Å²) in [6.07, 6.45) is 7.65. The molecule has 10 rings (SSSR count). The summed E-state index contributed by atoms with van der Waals surface area (Å²) in [5, 5.41) is 12.8. The van der Waals surface area contributed by atoms with Crippen LogP contribution in [-0.4, -0.2) is 65.8 Å². The second-order valence-electron chi connectivity index (χ2n) is 19.8. The SMILES string of the molecule is CNC(=O)c1c(-c2ccc(F)cc2)oc2ccc(-c3ccc(-c4cncnc4)c(C(=O)NCC(C)CCc4ncccc4-c4ccc(-c5ccc6oc(-c7ccc(F)cc7)c(C(=O)NC)c6c5)cc4C(=O)NCC(C)C)c3)cc12. The fraction of sp³-hybridized carbons (Fsp3) is 0.172. The summed E-state index contributed by atoms with van der Waals surface area (Å²) < 4.78 is 40.2. The molecule has 79 heavy (non-hydrogen) atoms. The average Bonchev–Trinajstić information content (AvgIpc) is 4.20. The number of amides is 4. The van der Waals surface area contributed by atoms with Crippen molar-refractivity contribution >= 4 is 45.6 Å². The first kappa shape index (κ1) is 52.8. The molecular formula is C64H55F2N7O6. The van der Waals surface area contributed by atoms with E-state index >= 15 is 0 Å². The number of fused-ring (bicyclic) bond motifs is 2. The zero-order valence-electron chi connectivity index (χ0n) is 44.0. The van der Waals surface area contributed by atoms with Crippen molar-refractivity contribution in [3.63, 3.8) is 0 Å². The van der Waals surface area contributed by atoms with Gasteiger partial charge in [-0.1, -0.05) is 63.2 Å². The largest absolute Gasteiger partial charge is 0.455 e. The molecule has 1 atom stereocenters. The van der Waals surface area contributed by atoms with Crippen LogP contribution in [0.5, 0.6) is 0 Å². The van der Waals surface area contributed by atoms with Crippen molar-refractivity contribution in [1.82, 2.24) is 36.2 Å². The highest BCUT2D eigenvalue weighted by molar-refractivity contribution is 6.13. The molecule has 0 fully saturated rings. The molecule has 0 aliphatic heterocycles. The van der Waals surface area contributed by atoms with Crippen LogP contribution in [0.2, 0.25) is 0 Å². The Balaban J connectivity index is 0.906. The van der Waals surface area contributed by atoms with Crippen LogP contribution in [0.4, 0.5) is 8.78 Å². The molecule has 396 valence electrons. The van der Waals surface area contributed by atoms with Crippen LogP contribution in [0.15, 0.2) is 167 Å². The summed E-state index contributed by atoms with van der Waals surface area (Å²) in [5.74, 6) is -1.29. The summed E-state index contributed by atoms with van der Waals surface area (Å²) >= 11 is 0. The monoisotopic (exact) mass is 1060 g/mol. The van der Waals surface area contributed by atoms with E-state index in [4.69, 9.17) is 13.8 Å². The van der Waals surface area contributed by atoms with Gasteiger partial charge in [-0.05, 0) is 149 Å². The minimum Gasteiger partial charge on any atom is -0.455 e. The number of rotatable bonds is 17. The van der Waals surface area contributed by atoms with Crippen molar-refractivity contribution in [3.8, 4) is 67.2 Å². The zero-order valence-corrected chi connectivity index (χ0v) is 44.0. The second kappa shape index (κ2) is 22.9. The molecule has 4 heterocycles. The molecule has 4 amide bonds.